The van der Waals surface area contributed by atoms with Crippen LogP contribution in [0.1, 0.15) is 31.2 Å². The van der Waals surface area contributed by atoms with Gasteiger partial charge in [0.1, 0.15) is 5.65 Å². The maximum atomic E-state index is 11.5. The Morgan fingerprint density at radius 2 is 2.18 bits per heavy atom. The molecule has 0 radical (unpaired) electrons. The SMILES string of the molecule is CCCC(=O)Nc1ccc2nc(C)c(C)n2c1. The number of carbonyl (C=O) groups is 1. The third-order valence-corrected chi connectivity index (χ3v) is 2.86. The van der Waals surface area contributed by atoms with Crippen LogP contribution in [0.5, 0.6) is 0 Å². The van der Waals surface area contributed by atoms with Gasteiger partial charge in [-0.1, -0.05) is 6.92 Å². The predicted octanol–water partition coefficient (Wildman–Crippen LogP) is 2.69. The van der Waals surface area contributed by atoms with Crippen LogP contribution in [-0.2, 0) is 4.79 Å². The fraction of sp³-hybridized carbons (Fsp3) is 0.385. The van der Waals surface area contributed by atoms with Gasteiger partial charge in [-0.15, -0.1) is 0 Å². The van der Waals surface area contributed by atoms with Crippen LogP contribution in [0.3, 0.4) is 0 Å². The zero-order chi connectivity index (χ0) is 12.4. The van der Waals surface area contributed by atoms with Crippen LogP contribution in [0, 0.1) is 13.8 Å². The molecule has 2 rings (SSSR count). The fourth-order valence-electron chi connectivity index (χ4n) is 1.80. The van der Waals surface area contributed by atoms with Gasteiger partial charge in [-0.2, -0.15) is 0 Å². The fourth-order valence-corrected chi connectivity index (χ4v) is 1.80. The molecule has 90 valence electrons. The van der Waals surface area contributed by atoms with E-state index in [1.807, 2.05) is 43.5 Å². The number of amides is 1. The van der Waals surface area contributed by atoms with E-state index in [4.69, 9.17) is 0 Å². The normalized spacial score (nSPS) is 10.8. The van der Waals surface area contributed by atoms with Crippen LogP contribution in [0.2, 0.25) is 0 Å². The maximum Gasteiger partial charge on any atom is 0.224 e. The van der Waals surface area contributed by atoms with Crippen molar-refractivity contribution in [2.24, 2.45) is 0 Å². The second kappa shape index (κ2) is 4.57. The van der Waals surface area contributed by atoms with Crippen molar-refractivity contribution >= 4 is 17.2 Å². The molecule has 4 heteroatoms. The highest BCUT2D eigenvalue weighted by molar-refractivity contribution is 5.90. The van der Waals surface area contributed by atoms with E-state index in [1.165, 1.54) is 0 Å². The Labute approximate surface area is 101 Å². The molecule has 4 nitrogen and oxygen atoms in total. The van der Waals surface area contributed by atoms with E-state index in [-0.39, 0.29) is 5.91 Å². The molecule has 1 amide bonds. The van der Waals surface area contributed by atoms with Crippen LogP contribution in [-0.4, -0.2) is 15.3 Å². The van der Waals surface area contributed by atoms with Crippen LogP contribution in [0.25, 0.3) is 5.65 Å². The molecule has 0 aliphatic carbocycles. The smallest absolute Gasteiger partial charge is 0.224 e. The number of anilines is 1. The largest absolute Gasteiger partial charge is 0.325 e. The van der Waals surface area contributed by atoms with E-state index < -0.39 is 0 Å². The second-order valence-corrected chi connectivity index (χ2v) is 4.23. The lowest BCUT2D eigenvalue weighted by Gasteiger charge is -2.05. The number of pyridine rings is 1. The molecule has 0 unspecified atom stereocenters. The number of aromatic nitrogens is 2. The van der Waals surface area contributed by atoms with Gasteiger partial charge < -0.3 is 9.72 Å². The molecular formula is C13H17N3O. The summed E-state index contributed by atoms with van der Waals surface area (Å²) < 4.78 is 2.00. The summed E-state index contributed by atoms with van der Waals surface area (Å²) in [5.74, 6) is 0.0568. The minimum absolute atomic E-state index is 0.0568. The Hall–Kier alpha value is -1.84. The molecule has 2 aromatic rings. The Morgan fingerprint density at radius 1 is 1.41 bits per heavy atom. The molecule has 0 aliphatic rings. The quantitative estimate of drug-likeness (QED) is 0.882. The van der Waals surface area contributed by atoms with Gasteiger partial charge in [0.15, 0.2) is 0 Å². The summed E-state index contributed by atoms with van der Waals surface area (Å²) in [6, 6.07) is 3.80. The first-order valence-corrected chi connectivity index (χ1v) is 5.87. The summed E-state index contributed by atoms with van der Waals surface area (Å²) in [5.41, 5.74) is 3.85. The molecule has 1 N–H and O–H groups in total. The average molecular weight is 231 g/mol. The van der Waals surface area contributed by atoms with Gasteiger partial charge in [0.05, 0.1) is 11.4 Å². The van der Waals surface area contributed by atoms with Gasteiger partial charge in [-0.25, -0.2) is 4.98 Å². The lowest BCUT2D eigenvalue weighted by atomic mass is 10.3. The zero-order valence-corrected chi connectivity index (χ0v) is 10.4. The van der Waals surface area contributed by atoms with Crippen molar-refractivity contribution in [2.45, 2.75) is 33.6 Å². The zero-order valence-electron chi connectivity index (χ0n) is 10.4. The first-order valence-electron chi connectivity index (χ1n) is 5.87. The lowest BCUT2D eigenvalue weighted by Crippen LogP contribution is -2.11. The summed E-state index contributed by atoms with van der Waals surface area (Å²) >= 11 is 0. The molecular weight excluding hydrogens is 214 g/mol. The van der Waals surface area contributed by atoms with Crippen molar-refractivity contribution in [1.29, 1.82) is 0 Å². The van der Waals surface area contributed by atoms with Crippen LogP contribution in [0.15, 0.2) is 18.3 Å². The lowest BCUT2D eigenvalue weighted by molar-refractivity contribution is -0.116. The number of aryl methyl sites for hydroxylation is 2. The molecule has 0 spiro atoms. The van der Waals surface area contributed by atoms with Crippen LogP contribution < -0.4 is 5.32 Å². The Bertz CT molecular complexity index is 557. The topological polar surface area (TPSA) is 46.4 Å². The van der Waals surface area contributed by atoms with Crippen molar-refractivity contribution < 1.29 is 4.79 Å². The number of nitrogens with one attached hydrogen (secondary N) is 1. The summed E-state index contributed by atoms with van der Waals surface area (Å²) in [6.45, 7) is 6.00. The van der Waals surface area contributed by atoms with Gasteiger partial charge in [0.25, 0.3) is 0 Å². The van der Waals surface area contributed by atoms with Gasteiger partial charge >= 0.3 is 0 Å². The summed E-state index contributed by atoms with van der Waals surface area (Å²) in [5, 5.41) is 2.88. The second-order valence-electron chi connectivity index (χ2n) is 4.23. The van der Waals surface area contributed by atoms with E-state index >= 15 is 0 Å². The summed E-state index contributed by atoms with van der Waals surface area (Å²) in [7, 11) is 0. The van der Waals surface area contributed by atoms with Crippen molar-refractivity contribution in [3.8, 4) is 0 Å². The first-order chi connectivity index (χ1) is 8.11. The summed E-state index contributed by atoms with van der Waals surface area (Å²) in [6.07, 6.45) is 3.33. The number of imidazole rings is 1. The molecule has 0 saturated heterocycles. The number of fused-ring (bicyclic) bond motifs is 1. The molecule has 0 aromatic carbocycles. The van der Waals surface area contributed by atoms with Crippen molar-refractivity contribution in [3.63, 3.8) is 0 Å². The minimum atomic E-state index is 0.0568. The standard InChI is InChI=1S/C13H17N3O/c1-4-5-13(17)15-11-6-7-12-14-9(2)10(3)16(12)8-11/h6-8H,4-5H2,1-3H3,(H,15,17). The third-order valence-electron chi connectivity index (χ3n) is 2.86. The maximum absolute atomic E-state index is 11.5. The monoisotopic (exact) mass is 231 g/mol. The molecule has 0 atom stereocenters. The summed E-state index contributed by atoms with van der Waals surface area (Å²) in [4.78, 5) is 15.9. The molecule has 0 saturated carbocycles. The molecule has 0 fully saturated rings. The van der Waals surface area contributed by atoms with Gasteiger partial charge in [0.2, 0.25) is 5.91 Å². The molecule has 0 bridgehead atoms. The van der Waals surface area contributed by atoms with Gasteiger partial charge in [-0.05, 0) is 32.4 Å². The number of carbonyl (C=O) groups excluding carboxylic acids is 1. The third kappa shape index (κ3) is 2.30. The van der Waals surface area contributed by atoms with E-state index in [9.17, 15) is 4.79 Å². The highest BCUT2D eigenvalue weighted by Gasteiger charge is 2.06. The Morgan fingerprint density at radius 3 is 2.88 bits per heavy atom. The molecule has 2 heterocycles. The van der Waals surface area contributed by atoms with Crippen molar-refractivity contribution in [2.75, 3.05) is 5.32 Å². The predicted molar refractivity (Wildman–Crippen MR) is 68.2 cm³/mol. The molecule has 17 heavy (non-hydrogen) atoms. The van der Waals surface area contributed by atoms with E-state index in [0.717, 1.165) is 29.1 Å². The Balaban J connectivity index is 2.31. The van der Waals surface area contributed by atoms with Crippen LogP contribution >= 0.6 is 0 Å². The van der Waals surface area contributed by atoms with Gasteiger partial charge in [-0.3, -0.25) is 4.79 Å². The van der Waals surface area contributed by atoms with Gasteiger partial charge in [0, 0.05) is 18.3 Å². The van der Waals surface area contributed by atoms with E-state index in [1.54, 1.807) is 0 Å². The average Bonchev–Trinajstić information content (AvgIpc) is 2.56. The first kappa shape index (κ1) is 11.6. The Kier molecular flexibility index (Phi) is 3.13. The minimum Gasteiger partial charge on any atom is -0.325 e. The highest BCUT2D eigenvalue weighted by atomic mass is 16.1. The van der Waals surface area contributed by atoms with Crippen molar-refractivity contribution in [3.05, 3.63) is 29.7 Å². The van der Waals surface area contributed by atoms with Crippen LogP contribution in [0.4, 0.5) is 5.69 Å². The van der Waals surface area contributed by atoms with E-state index in [2.05, 4.69) is 10.3 Å². The number of hydrogen-bond donors (Lipinski definition) is 1. The number of nitrogens with zero attached hydrogens (tertiary/aromatic N) is 2. The number of hydrogen-bond acceptors (Lipinski definition) is 2. The van der Waals surface area contributed by atoms with E-state index in [0.29, 0.717) is 6.42 Å². The highest BCUT2D eigenvalue weighted by Crippen LogP contribution is 2.15. The molecule has 2 aromatic heterocycles. The molecule has 0 aliphatic heterocycles. The number of rotatable bonds is 3. The van der Waals surface area contributed by atoms with Crippen molar-refractivity contribution in [1.82, 2.24) is 9.38 Å².